The van der Waals surface area contributed by atoms with Gasteiger partial charge in [0, 0.05) is 18.7 Å². The normalized spacial score (nSPS) is 21.7. The molecule has 0 spiro atoms. The summed E-state index contributed by atoms with van der Waals surface area (Å²) in [5, 5.41) is 3.06. The van der Waals surface area contributed by atoms with Crippen molar-refractivity contribution in [3.8, 4) is 0 Å². The van der Waals surface area contributed by atoms with Crippen LogP contribution in [0.25, 0.3) is 0 Å². The number of aryl methyl sites for hydroxylation is 1. The topological polar surface area (TPSA) is 49.4 Å². The van der Waals surface area contributed by atoms with E-state index in [1.54, 1.807) is 4.90 Å². The molecule has 0 unspecified atom stereocenters. The van der Waals surface area contributed by atoms with Gasteiger partial charge in [-0.15, -0.1) is 0 Å². The SMILES string of the molecule is Cc1cccc([C@@H]2CC[C@@H](C(=O)NCC3CC3)CN2C(=O)c2ccc(F)cc2)c1. The zero-order chi connectivity index (χ0) is 20.4. The Balaban J connectivity index is 1.56. The number of likely N-dealkylation sites (tertiary alicyclic amines) is 1. The smallest absolute Gasteiger partial charge is 0.254 e. The molecule has 2 amide bonds. The molecule has 2 atom stereocenters. The molecule has 152 valence electrons. The second-order valence-corrected chi connectivity index (χ2v) is 8.36. The molecule has 5 heteroatoms. The molecule has 2 aliphatic rings. The summed E-state index contributed by atoms with van der Waals surface area (Å²) >= 11 is 0. The Morgan fingerprint density at radius 3 is 2.52 bits per heavy atom. The van der Waals surface area contributed by atoms with Crippen LogP contribution in [0.2, 0.25) is 0 Å². The molecule has 2 fully saturated rings. The number of halogens is 1. The number of piperidine rings is 1. The van der Waals surface area contributed by atoms with Crippen molar-refractivity contribution in [2.75, 3.05) is 13.1 Å². The minimum absolute atomic E-state index is 0.0384. The first-order valence-corrected chi connectivity index (χ1v) is 10.4. The molecular weight excluding hydrogens is 367 g/mol. The Morgan fingerprint density at radius 2 is 1.83 bits per heavy atom. The zero-order valence-corrected chi connectivity index (χ0v) is 16.7. The first-order chi connectivity index (χ1) is 14.0. The highest BCUT2D eigenvalue weighted by Crippen LogP contribution is 2.35. The summed E-state index contributed by atoms with van der Waals surface area (Å²) in [5.74, 6) is -0.0702. The van der Waals surface area contributed by atoms with Crippen molar-refractivity contribution in [3.05, 3.63) is 71.0 Å². The molecule has 1 saturated heterocycles. The molecule has 0 aromatic heterocycles. The van der Waals surface area contributed by atoms with Crippen molar-refractivity contribution >= 4 is 11.8 Å². The van der Waals surface area contributed by atoms with E-state index in [1.165, 1.54) is 37.1 Å². The molecule has 1 saturated carbocycles. The molecule has 2 aromatic rings. The minimum Gasteiger partial charge on any atom is -0.356 e. The van der Waals surface area contributed by atoms with Gasteiger partial charge in [0.05, 0.1) is 12.0 Å². The number of amides is 2. The van der Waals surface area contributed by atoms with E-state index in [1.807, 2.05) is 25.1 Å². The molecule has 1 aliphatic carbocycles. The van der Waals surface area contributed by atoms with Gasteiger partial charge < -0.3 is 10.2 Å². The quantitative estimate of drug-likeness (QED) is 0.824. The molecule has 0 radical (unpaired) electrons. The van der Waals surface area contributed by atoms with Crippen LogP contribution in [0, 0.1) is 24.6 Å². The van der Waals surface area contributed by atoms with Gasteiger partial charge in [-0.05, 0) is 68.4 Å². The second kappa shape index (κ2) is 8.36. The van der Waals surface area contributed by atoms with Gasteiger partial charge in [0.15, 0.2) is 0 Å². The first-order valence-electron chi connectivity index (χ1n) is 10.4. The van der Waals surface area contributed by atoms with Crippen LogP contribution >= 0.6 is 0 Å². The number of hydrogen-bond acceptors (Lipinski definition) is 2. The summed E-state index contributed by atoms with van der Waals surface area (Å²) in [6.45, 7) is 3.15. The third-order valence-electron chi connectivity index (χ3n) is 5.99. The second-order valence-electron chi connectivity index (χ2n) is 8.36. The van der Waals surface area contributed by atoms with Crippen molar-refractivity contribution in [1.82, 2.24) is 10.2 Å². The van der Waals surface area contributed by atoms with Crippen molar-refractivity contribution < 1.29 is 14.0 Å². The van der Waals surface area contributed by atoms with E-state index in [0.29, 0.717) is 18.0 Å². The Labute approximate surface area is 171 Å². The van der Waals surface area contributed by atoms with E-state index in [-0.39, 0.29) is 29.6 Å². The van der Waals surface area contributed by atoms with Crippen LogP contribution in [0.5, 0.6) is 0 Å². The van der Waals surface area contributed by atoms with Crippen molar-refractivity contribution in [3.63, 3.8) is 0 Å². The summed E-state index contributed by atoms with van der Waals surface area (Å²) in [6, 6.07) is 13.7. The van der Waals surface area contributed by atoms with E-state index in [0.717, 1.165) is 30.5 Å². The summed E-state index contributed by atoms with van der Waals surface area (Å²) < 4.78 is 13.3. The molecule has 1 N–H and O–H groups in total. The molecule has 0 bridgehead atoms. The summed E-state index contributed by atoms with van der Waals surface area (Å²) in [5.41, 5.74) is 2.67. The van der Waals surface area contributed by atoms with E-state index in [2.05, 4.69) is 11.4 Å². The molecular formula is C24H27FN2O2. The van der Waals surface area contributed by atoms with Crippen molar-refractivity contribution in [2.45, 2.75) is 38.6 Å². The van der Waals surface area contributed by atoms with Gasteiger partial charge in [-0.3, -0.25) is 9.59 Å². The lowest BCUT2D eigenvalue weighted by atomic mass is 9.87. The highest BCUT2D eigenvalue weighted by molar-refractivity contribution is 5.95. The number of benzene rings is 2. The van der Waals surface area contributed by atoms with E-state index in [4.69, 9.17) is 0 Å². The number of rotatable bonds is 5. The van der Waals surface area contributed by atoms with Crippen LogP contribution in [-0.2, 0) is 4.79 Å². The van der Waals surface area contributed by atoms with Gasteiger partial charge in [-0.1, -0.05) is 29.8 Å². The fourth-order valence-corrected chi connectivity index (χ4v) is 4.10. The van der Waals surface area contributed by atoms with Gasteiger partial charge >= 0.3 is 0 Å². The maximum Gasteiger partial charge on any atom is 0.254 e. The van der Waals surface area contributed by atoms with Gasteiger partial charge in [0.1, 0.15) is 5.82 Å². The number of nitrogens with zero attached hydrogens (tertiary/aromatic N) is 1. The zero-order valence-electron chi connectivity index (χ0n) is 16.7. The molecule has 4 nitrogen and oxygen atoms in total. The lowest BCUT2D eigenvalue weighted by molar-refractivity contribution is -0.126. The van der Waals surface area contributed by atoms with Crippen LogP contribution < -0.4 is 5.32 Å². The Kier molecular flexibility index (Phi) is 5.65. The average Bonchev–Trinajstić information content (AvgIpc) is 3.56. The maximum atomic E-state index is 13.3. The Hall–Kier alpha value is -2.69. The standard InChI is InChI=1S/C24H27FN2O2/c1-16-3-2-4-19(13-16)22-12-9-20(23(28)26-14-17-5-6-17)15-27(22)24(29)18-7-10-21(25)11-8-18/h2-4,7-8,10-11,13,17,20,22H,5-6,9,12,14-15H2,1H3,(H,26,28)/t20-,22+/m1/s1. The first kappa shape index (κ1) is 19.6. The molecule has 2 aromatic carbocycles. The number of carbonyl (C=O) groups is 2. The lowest BCUT2D eigenvalue weighted by Gasteiger charge is -2.39. The number of nitrogens with one attached hydrogen (secondary N) is 1. The van der Waals surface area contributed by atoms with E-state index < -0.39 is 0 Å². The van der Waals surface area contributed by atoms with Crippen LogP contribution in [0.3, 0.4) is 0 Å². The number of carbonyl (C=O) groups excluding carboxylic acids is 2. The maximum absolute atomic E-state index is 13.3. The third-order valence-corrected chi connectivity index (χ3v) is 5.99. The summed E-state index contributed by atoms with van der Waals surface area (Å²) in [4.78, 5) is 27.8. The van der Waals surface area contributed by atoms with E-state index in [9.17, 15) is 14.0 Å². The molecule has 1 heterocycles. The predicted molar refractivity (Wildman–Crippen MR) is 110 cm³/mol. The van der Waals surface area contributed by atoms with Gasteiger partial charge in [0.25, 0.3) is 5.91 Å². The largest absolute Gasteiger partial charge is 0.356 e. The Morgan fingerprint density at radius 1 is 1.07 bits per heavy atom. The third kappa shape index (κ3) is 4.66. The fraction of sp³-hybridized carbons (Fsp3) is 0.417. The van der Waals surface area contributed by atoms with Crippen LogP contribution in [-0.4, -0.2) is 29.8 Å². The Bertz CT molecular complexity index is 892. The lowest BCUT2D eigenvalue weighted by Crippen LogP contribution is -2.47. The number of hydrogen-bond donors (Lipinski definition) is 1. The predicted octanol–water partition coefficient (Wildman–Crippen LogP) is 4.25. The average molecular weight is 394 g/mol. The van der Waals surface area contributed by atoms with Crippen molar-refractivity contribution in [2.24, 2.45) is 11.8 Å². The molecule has 1 aliphatic heterocycles. The minimum atomic E-state index is -0.368. The van der Waals surface area contributed by atoms with E-state index >= 15 is 0 Å². The van der Waals surface area contributed by atoms with Crippen molar-refractivity contribution in [1.29, 1.82) is 0 Å². The fourth-order valence-electron chi connectivity index (χ4n) is 4.10. The summed E-state index contributed by atoms with van der Waals surface area (Å²) in [6.07, 6.45) is 3.87. The van der Waals surface area contributed by atoms with Crippen LogP contribution in [0.15, 0.2) is 48.5 Å². The highest BCUT2D eigenvalue weighted by atomic mass is 19.1. The van der Waals surface area contributed by atoms with Gasteiger partial charge in [-0.2, -0.15) is 0 Å². The van der Waals surface area contributed by atoms with Crippen LogP contribution in [0.4, 0.5) is 4.39 Å². The van der Waals surface area contributed by atoms with Gasteiger partial charge in [0.2, 0.25) is 5.91 Å². The van der Waals surface area contributed by atoms with Gasteiger partial charge in [-0.25, -0.2) is 4.39 Å². The highest BCUT2D eigenvalue weighted by Gasteiger charge is 2.36. The summed E-state index contributed by atoms with van der Waals surface area (Å²) in [7, 11) is 0. The van der Waals surface area contributed by atoms with Crippen LogP contribution in [0.1, 0.15) is 53.2 Å². The monoisotopic (exact) mass is 394 g/mol. The molecule has 4 rings (SSSR count). The molecule has 29 heavy (non-hydrogen) atoms.